The van der Waals surface area contributed by atoms with E-state index in [9.17, 15) is 0 Å². The maximum absolute atomic E-state index is 6.29. The van der Waals surface area contributed by atoms with Crippen LogP contribution in [-0.2, 0) is 13.0 Å². The molecule has 2 rings (SSSR count). The lowest BCUT2D eigenvalue weighted by Crippen LogP contribution is -2.23. The second-order valence-corrected chi connectivity index (χ2v) is 5.20. The summed E-state index contributed by atoms with van der Waals surface area (Å²) in [5.74, 6) is 0. The van der Waals surface area contributed by atoms with Crippen LogP contribution in [0.25, 0.3) is 0 Å². The minimum absolute atomic E-state index is 0.772. The average molecular weight is 290 g/mol. The summed E-state index contributed by atoms with van der Waals surface area (Å²) in [7, 11) is 4.04. The molecule has 1 N–H and O–H groups in total. The van der Waals surface area contributed by atoms with Crippen LogP contribution in [0.5, 0.6) is 0 Å². The number of aromatic nitrogens is 1. The molecule has 106 valence electrons. The largest absolute Gasteiger partial charge is 0.374 e. The Morgan fingerprint density at radius 3 is 2.65 bits per heavy atom. The van der Waals surface area contributed by atoms with Gasteiger partial charge in [-0.25, -0.2) is 0 Å². The molecule has 3 nitrogen and oxygen atoms in total. The number of rotatable bonds is 6. The molecule has 0 unspecified atom stereocenters. The van der Waals surface area contributed by atoms with E-state index in [1.165, 1.54) is 11.3 Å². The van der Waals surface area contributed by atoms with Gasteiger partial charge < -0.3 is 10.2 Å². The third kappa shape index (κ3) is 3.71. The molecule has 0 aliphatic carbocycles. The highest BCUT2D eigenvalue weighted by Gasteiger charge is 2.10. The molecule has 0 aliphatic heterocycles. The van der Waals surface area contributed by atoms with Crippen molar-refractivity contribution in [3.63, 3.8) is 0 Å². The van der Waals surface area contributed by atoms with Crippen LogP contribution in [-0.4, -0.2) is 25.6 Å². The summed E-state index contributed by atoms with van der Waals surface area (Å²) in [6.45, 7) is 1.72. The standard InChI is InChI=1S/C16H20ClN3/c1-18-12-14-15(17)4-3-5-16(14)20(2)11-8-13-6-9-19-10-7-13/h3-7,9-10,18H,8,11-12H2,1-2H3. The van der Waals surface area contributed by atoms with Crippen molar-refractivity contribution in [3.05, 3.63) is 58.9 Å². The van der Waals surface area contributed by atoms with Crippen molar-refractivity contribution >= 4 is 17.3 Å². The summed E-state index contributed by atoms with van der Waals surface area (Å²) >= 11 is 6.29. The zero-order chi connectivity index (χ0) is 14.4. The first-order valence-electron chi connectivity index (χ1n) is 6.74. The van der Waals surface area contributed by atoms with Crippen LogP contribution < -0.4 is 10.2 Å². The van der Waals surface area contributed by atoms with Crippen molar-refractivity contribution in [3.8, 4) is 0 Å². The van der Waals surface area contributed by atoms with Gasteiger partial charge in [-0.1, -0.05) is 17.7 Å². The maximum Gasteiger partial charge on any atom is 0.0471 e. The molecule has 0 saturated carbocycles. The highest BCUT2D eigenvalue weighted by molar-refractivity contribution is 6.31. The maximum atomic E-state index is 6.29. The van der Waals surface area contributed by atoms with Gasteiger partial charge in [0.15, 0.2) is 0 Å². The van der Waals surface area contributed by atoms with Crippen LogP contribution in [0.2, 0.25) is 5.02 Å². The minimum Gasteiger partial charge on any atom is -0.374 e. The predicted molar refractivity (Wildman–Crippen MR) is 85.4 cm³/mol. The third-order valence-electron chi connectivity index (χ3n) is 3.34. The number of nitrogens with zero attached hydrogens (tertiary/aromatic N) is 2. The number of anilines is 1. The molecule has 0 amide bonds. The van der Waals surface area contributed by atoms with Gasteiger partial charge in [-0.2, -0.15) is 0 Å². The molecule has 0 atom stereocenters. The van der Waals surface area contributed by atoms with Crippen molar-refractivity contribution < 1.29 is 0 Å². The second kappa shape index (κ2) is 7.27. The molecular formula is C16H20ClN3. The molecular weight excluding hydrogens is 270 g/mol. The number of hydrogen-bond acceptors (Lipinski definition) is 3. The Kier molecular flexibility index (Phi) is 5.39. The van der Waals surface area contributed by atoms with E-state index in [-0.39, 0.29) is 0 Å². The molecule has 2 aromatic rings. The molecule has 4 heteroatoms. The Bertz CT molecular complexity index is 543. The number of halogens is 1. The van der Waals surface area contributed by atoms with Crippen LogP contribution in [0.3, 0.4) is 0 Å². The van der Waals surface area contributed by atoms with Gasteiger partial charge in [-0.15, -0.1) is 0 Å². The molecule has 1 aromatic heterocycles. The van der Waals surface area contributed by atoms with E-state index in [1.807, 2.05) is 31.6 Å². The lowest BCUT2D eigenvalue weighted by atomic mass is 10.1. The van der Waals surface area contributed by atoms with Crippen LogP contribution in [0.1, 0.15) is 11.1 Å². The molecule has 0 aliphatic rings. The van der Waals surface area contributed by atoms with E-state index in [0.29, 0.717) is 0 Å². The van der Waals surface area contributed by atoms with E-state index < -0.39 is 0 Å². The summed E-state index contributed by atoms with van der Waals surface area (Å²) < 4.78 is 0. The van der Waals surface area contributed by atoms with Gasteiger partial charge in [0.2, 0.25) is 0 Å². The minimum atomic E-state index is 0.772. The fourth-order valence-electron chi connectivity index (χ4n) is 2.22. The van der Waals surface area contributed by atoms with Gasteiger partial charge in [-0.05, 0) is 43.3 Å². The summed E-state index contributed by atoms with van der Waals surface area (Å²) in [4.78, 5) is 6.29. The second-order valence-electron chi connectivity index (χ2n) is 4.79. The van der Waals surface area contributed by atoms with Gasteiger partial charge in [0.25, 0.3) is 0 Å². The molecule has 0 fully saturated rings. The van der Waals surface area contributed by atoms with Gasteiger partial charge in [-0.3, -0.25) is 4.98 Å². The first-order valence-corrected chi connectivity index (χ1v) is 7.12. The lowest BCUT2D eigenvalue weighted by molar-refractivity contribution is 0.801. The van der Waals surface area contributed by atoms with Crippen molar-refractivity contribution in [2.45, 2.75) is 13.0 Å². The van der Waals surface area contributed by atoms with Crippen molar-refractivity contribution in [1.29, 1.82) is 0 Å². The Morgan fingerprint density at radius 2 is 1.95 bits per heavy atom. The van der Waals surface area contributed by atoms with E-state index in [1.54, 1.807) is 0 Å². The van der Waals surface area contributed by atoms with E-state index >= 15 is 0 Å². The predicted octanol–water partition coefficient (Wildman–Crippen LogP) is 3.13. The SMILES string of the molecule is CNCc1c(Cl)cccc1N(C)CCc1ccncc1. The average Bonchev–Trinajstić information content (AvgIpc) is 2.48. The lowest BCUT2D eigenvalue weighted by Gasteiger charge is -2.23. The van der Waals surface area contributed by atoms with E-state index in [2.05, 4.69) is 40.4 Å². The third-order valence-corrected chi connectivity index (χ3v) is 3.70. The van der Waals surface area contributed by atoms with E-state index in [0.717, 1.165) is 30.1 Å². The summed E-state index contributed by atoms with van der Waals surface area (Å²) in [5.41, 5.74) is 3.62. The Labute approximate surface area is 125 Å². The smallest absolute Gasteiger partial charge is 0.0471 e. The van der Waals surface area contributed by atoms with Crippen molar-refractivity contribution in [2.75, 3.05) is 25.5 Å². The first kappa shape index (κ1) is 14.8. The fourth-order valence-corrected chi connectivity index (χ4v) is 2.46. The number of nitrogens with one attached hydrogen (secondary N) is 1. The number of likely N-dealkylation sites (N-methyl/N-ethyl adjacent to an activating group) is 1. The van der Waals surface area contributed by atoms with Crippen LogP contribution >= 0.6 is 11.6 Å². The van der Waals surface area contributed by atoms with Crippen molar-refractivity contribution in [1.82, 2.24) is 10.3 Å². The van der Waals surface area contributed by atoms with Crippen LogP contribution in [0.4, 0.5) is 5.69 Å². The molecule has 20 heavy (non-hydrogen) atoms. The topological polar surface area (TPSA) is 28.2 Å². The summed E-state index contributed by atoms with van der Waals surface area (Å²) in [6.07, 6.45) is 4.66. The summed E-state index contributed by atoms with van der Waals surface area (Å²) in [6, 6.07) is 10.2. The van der Waals surface area contributed by atoms with Crippen LogP contribution in [0.15, 0.2) is 42.7 Å². The van der Waals surface area contributed by atoms with Crippen LogP contribution in [0, 0.1) is 0 Å². The first-order chi connectivity index (χ1) is 9.72. The van der Waals surface area contributed by atoms with Gasteiger partial charge in [0.1, 0.15) is 0 Å². The number of hydrogen-bond donors (Lipinski definition) is 1. The van der Waals surface area contributed by atoms with Gasteiger partial charge >= 0.3 is 0 Å². The van der Waals surface area contributed by atoms with Gasteiger partial charge in [0.05, 0.1) is 0 Å². The van der Waals surface area contributed by atoms with Gasteiger partial charge in [0, 0.05) is 48.8 Å². The molecule has 1 heterocycles. The highest BCUT2D eigenvalue weighted by atomic mass is 35.5. The Morgan fingerprint density at radius 1 is 1.20 bits per heavy atom. The number of benzene rings is 1. The molecule has 0 radical (unpaired) electrons. The molecule has 0 spiro atoms. The normalized spacial score (nSPS) is 10.6. The van der Waals surface area contributed by atoms with E-state index in [4.69, 9.17) is 11.6 Å². The molecule has 1 aromatic carbocycles. The Balaban J connectivity index is 2.09. The fraction of sp³-hybridized carbons (Fsp3) is 0.312. The molecule has 0 saturated heterocycles. The zero-order valence-electron chi connectivity index (χ0n) is 11.9. The quantitative estimate of drug-likeness (QED) is 0.885. The monoisotopic (exact) mass is 289 g/mol. The number of pyridine rings is 1. The zero-order valence-corrected chi connectivity index (χ0v) is 12.7. The molecule has 0 bridgehead atoms. The Hall–Kier alpha value is -1.58. The summed E-state index contributed by atoms with van der Waals surface area (Å²) in [5, 5.41) is 3.99. The highest BCUT2D eigenvalue weighted by Crippen LogP contribution is 2.26. The van der Waals surface area contributed by atoms with Crippen molar-refractivity contribution in [2.24, 2.45) is 0 Å².